The number of benzene rings is 2. The van der Waals surface area contributed by atoms with E-state index in [1.807, 2.05) is 0 Å². The van der Waals surface area contributed by atoms with Crippen LogP contribution < -0.4 is 5.32 Å². The van der Waals surface area contributed by atoms with Gasteiger partial charge in [0.1, 0.15) is 0 Å². The van der Waals surface area contributed by atoms with Crippen molar-refractivity contribution in [1.29, 1.82) is 0 Å². The van der Waals surface area contributed by atoms with Crippen molar-refractivity contribution >= 4 is 5.91 Å². The Morgan fingerprint density at radius 1 is 1.18 bits per heavy atom. The monoisotopic (exact) mass is 385 g/mol. The van der Waals surface area contributed by atoms with E-state index in [9.17, 15) is 18.0 Å². The number of carbonyl (C=O) groups is 1. The van der Waals surface area contributed by atoms with Crippen LogP contribution in [0, 0.1) is 18.8 Å². The first-order valence-corrected chi connectivity index (χ1v) is 8.18. The Labute approximate surface area is 158 Å². The van der Waals surface area contributed by atoms with Crippen molar-refractivity contribution in [1.82, 2.24) is 15.5 Å². The predicted molar refractivity (Wildman–Crippen MR) is 95.1 cm³/mol. The topological polar surface area (TPSA) is 68.0 Å². The van der Waals surface area contributed by atoms with E-state index in [-0.39, 0.29) is 18.0 Å². The summed E-state index contributed by atoms with van der Waals surface area (Å²) in [4.78, 5) is 16.2. The molecule has 0 aliphatic rings. The fraction of sp³-hybridized carbons (Fsp3) is 0.150. The molecule has 0 saturated heterocycles. The molecule has 0 aliphatic carbocycles. The molecule has 2 aromatic carbocycles. The molecule has 142 valence electrons. The molecular formula is C20H14F3N3O2. The predicted octanol–water partition coefficient (Wildman–Crippen LogP) is 3.85. The highest BCUT2D eigenvalue weighted by molar-refractivity contribution is 5.94. The molecule has 0 bridgehead atoms. The summed E-state index contributed by atoms with van der Waals surface area (Å²) in [5.74, 6) is 5.76. The van der Waals surface area contributed by atoms with Crippen molar-refractivity contribution < 1.29 is 22.5 Å². The number of amides is 1. The third kappa shape index (κ3) is 4.76. The van der Waals surface area contributed by atoms with E-state index in [1.165, 1.54) is 12.1 Å². The average Bonchev–Trinajstić information content (AvgIpc) is 3.11. The summed E-state index contributed by atoms with van der Waals surface area (Å²) in [6, 6.07) is 11.3. The molecule has 0 unspecified atom stereocenters. The van der Waals surface area contributed by atoms with Crippen LogP contribution in [0.15, 0.2) is 53.1 Å². The molecule has 1 aromatic heterocycles. The molecule has 0 atom stereocenters. The summed E-state index contributed by atoms with van der Waals surface area (Å²) in [5.41, 5.74) is 0.547. The molecule has 3 aromatic rings. The van der Waals surface area contributed by atoms with Crippen LogP contribution in [0.5, 0.6) is 0 Å². The lowest BCUT2D eigenvalue weighted by Gasteiger charge is -2.05. The maximum absolute atomic E-state index is 12.7. The average molecular weight is 385 g/mol. The van der Waals surface area contributed by atoms with Gasteiger partial charge in [-0.2, -0.15) is 18.2 Å². The summed E-state index contributed by atoms with van der Waals surface area (Å²) >= 11 is 0. The number of carbonyl (C=O) groups excluding carboxylic acids is 1. The molecule has 0 fully saturated rings. The molecule has 1 amide bonds. The van der Waals surface area contributed by atoms with Gasteiger partial charge >= 0.3 is 6.18 Å². The zero-order chi connectivity index (χ0) is 20.1. The van der Waals surface area contributed by atoms with Gasteiger partial charge in [-0.25, -0.2) is 0 Å². The first kappa shape index (κ1) is 19.2. The Balaban J connectivity index is 1.59. The van der Waals surface area contributed by atoms with Crippen molar-refractivity contribution in [3.05, 3.63) is 71.0 Å². The van der Waals surface area contributed by atoms with Crippen molar-refractivity contribution in [2.45, 2.75) is 13.1 Å². The van der Waals surface area contributed by atoms with Crippen molar-refractivity contribution in [2.75, 3.05) is 6.54 Å². The van der Waals surface area contributed by atoms with Gasteiger partial charge < -0.3 is 9.84 Å². The third-order valence-electron chi connectivity index (χ3n) is 3.68. The van der Waals surface area contributed by atoms with Gasteiger partial charge in [-0.1, -0.05) is 23.1 Å². The number of aryl methyl sites for hydroxylation is 1. The van der Waals surface area contributed by atoms with Gasteiger partial charge in [0.2, 0.25) is 0 Å². The molecule has 0 saturated carbocycles. The number of hydrogen-bond donors (Lipinski definition) is 1. The van der Waals surface area contributed by atoms with E-state index in [4.69, 9.17) is 4.52 Å². The van der Waals surface area contributed by atoms with Gasteiger partial charge in [0.25, 0.3) is 11.8 Å². The minimum absolute atomic E-state index is 0.000313. The van der Waals surface area contributed by atoms with Crippen molar-refractivity contribution in [2.24, 2.45) is 0 Å². The zero-order valence-corrected chi connectivity index (χ0v) is 14.7. The quantitative estimate of drug-likeness (QED) is 0.696. The van der Waals surface area contributed by atoms with Gasteiger partial charge in [-0.3, -0.25) is 4.79 Å². The number of nitrogens with one attached hydrogen (secondary N) is 1. The first-order chi connectivity index (χ1) is 13.3. The minimum Gasteiger partial charge on any atom is -0.341 e. The van der Waals surface area contributed by atoms with Crippen molar-refractivity contribution in [3.63, 3.8) is 0 Å². The van der Waals surface area contributed by atoms with Crippen LogP contribution in [0.25, 0.3) is 11.5 Å². The van der Waals surface area contributed by atoms with Gasteiger partial charge in [0.15, 0.2) is 5.82 Å². The first-order valence-electron chi connectivity index (χ1n) is 8.18. The van der Waals surface area contributed by atoms with E-state index in [2.05, 4.69) is 27.3 Å². The molecule has 5 nitrogen and oxygen atoms in total. The molecule has 1 heterocycles. The van der Waals surface area contributed by atoms with E-state index in [1.54, 1.807) is 31.2 Å². The zero-order valence-electron chi connectivity index (χ0n) is 14.7. The fourth-order valence-corrected chi connectivity index (χ4v) is 2.32. The highest BCUT2D eigenvalue weighted by Gasteiger charge is 2.30. The molecular weight excluding hydrogens is 371 g/mol. The maximum atomic E-state index is 12.7. The lowest BCUT2D eigenvalue weighted by molar-refractivity contribution is -0.137. The molecule has 0 spiro atoms. The van der Waals surface area contributed by atoms with Gasteiger partial charge in [-0.15, -0.1) is 0 Å². The largest absolute Gasteiger partial charge is 0.416 e. The normalized spacial score (nSPS) is 10.9. The highest BCUT2D eigenvalue weighted by Crippen LogP contribution is 2.29. The van der Waals surface area contributed by atoms with E-state index in [0.29, 0.717) is 22.8 Å². The minimum atomic E-state index is -4.42. The Morgan fingerprint density at radius 3 is 2.57 bits per heavy atom. The van der Waals surface area contributed by atoms with Crippen LogP contribution in [-0.4, -0.2) is 22.6 Å². The second kappa shape index (κ2) is 7.96. The lowest BCUT2D eigenvalue weighted by atomic mass is 10.1. The van der Waals surface area contributed by atoms with Crippen LogP contribution >= 0.6 is 0 Å². The molecule has 28 heavy (non-hydrogen) atoms. The second-order valence-corrected chi connectivity index (χ2v) is 5.79. The summed E-state index contributed by atoms with van der Waals surface area (Å²) in [6.45, 7) is 1.70. The van der Waals surface area contributed by atoms with E-state index >= 15 is 0 Å². The standard InChI is InChI=1S/C20H14F3N3O2/c1-13-25-19(28-26-13)16-9-7-15(8-10-16)18(27)24-11-3-5-14-4-2-6-17(12-14)20(21,22)23/h2,4,6-10,12H,11H2,1H3,(H,24,27). The Hall–Kier alpha value is -3.60. The van der Waals surface area contributed by atoms with Crippen LogP contribution in [0.1, 0.15) is 27.3 Å². The third-order valence-corrected chi connectivity index (χ3v) is 3.68. The number of nitrogens with zero attached hydrogens (tertiary/aromatic N) is 2. The van der Waals surface area contributed by atoms with Gasteiger partial charge in [0.05, 0.1) is 12.1 Å². The summed E-state index contributed by atoms with van der Waals surface area (Å²) in [7, 11) is 0. The Bertz CT molecular complexity index is 1040. The molecule has 0 radical (unpaired) electrons. The second-order valence-electron chi connectivity index (χ2n) is 5.79. The molecule has 0 aliphatic heterocycles. The fourth-order valence-electron chi connectivity index (χ4n) is 2.32. The number of rotatable bonds is 3. The Morgan fingerprint density at radius 2 is 1.93 bits per heavy atom. The van der Waals surface area contributed by atoms with Crippen LogP contribution in [-0.2, 0) is 6.18 Å². The highest BCUT2D eigenvalue weighted by atomic mass is 19.4. The summed E-state index contributed by atoms with van der Waals surface area (Å²) < 4.78 is 43.1. The number of alkyl halides is 3. The Kier molecular flexibility index (Phi) is 5.45. The lowest BCUT2D eigenvalue weighted by Crippen LogP contribution is -2.23. The van der Waals surface area contributed by atoms with Crippen LogP contribution in [0.4, 0.5) is 13.2 Å². The SMILES string of the molecule is Cc1noc(-c2ccc(C(=O)NCC#Cc3cccc(C(F)(F)F)c3)cc2)n1. The summed E-state index contributed by atoms with van der Waals surface area (Å²) in [5, 5.41) is 6.29. The number of aromatic nitrogens is 2. The summed E-state index contributed by atoms with van der Waals surface area (Å²) in [6.07, 6.45) is -4.42. The van der Waals surface area contributed by atoms with E-state index in [0.717, 1.165) is 12.1 Å². The molecule has 3 rings (SSSR count). The van der Waals surface area contributed by atoms with Crippen LogP contribution in [0.2, 0.25) is 0 Å². The molecule has 8 heteroatoms. The van der Waals surface area contributed by atoms with Gasteiger partial charge in [0, 0.05) is 16.7 Å². The van der Waals surface area contributed by atoms with E-state index < -0.39 is 11.7 Å². The maximum Gasteiger partial charge on any atom is 0.416 e. The molecule has 1 N–H and O–H groups in total. The smallest absolute Gasteiger partial charge is 0.341 e. The number of hydrogen-bond acceptors (Lipinski definition) is 4. The number of halogens is 3. The van der Waals surface area contributed by atoms with Crippen molar-refractivity contribution in [3.8, 4) is 23.3 Å². The van der Waals surface area contributed by atoms with Gasteiger partial charge in [-0.05, 0) is 49.4 Å². The van der Waals surface area contributed by atoms with Crippen LogP contribution in [0.3, 0.4) is 0 Å².